The van der Waals surface area contributed by atoms with Gasteiger partial charge in [0.2, 0.25) is 5.91 Å². The number of morpholine rings is 1. The van der Waals surface area contributed by atoms with Crippen molar-refractivity contribution < 1.29 is 9.53 Å². The third kappa shape index (κ3) is 2.56. The van der Waals surface area contributed by atoms with Crippen molar-refractivity contribution in [3.8, 4) is 0 Å². The molecule has 1 fully saturated rings. The number of hydrogen-bond donors (Lipinski definition) is 1. The van der Waals surface area contributed by atoms with Gasteiger partial charge in [0.1, 0.15) is 6.04 Å². The number of primary amides is 1. The Kier molecular flexibility index (Phi) is 3.48. The molecule has 0 saturated carbocycles. The van der Waals surface area contributed by atoms with Gasteiger partial charge in [-0.25, -0.2) is 0 Å². The molecule has 16 heavy (non-hydrogen) atoms. The summed E-state index contributed by atoms with van der Waals surface area (Å²) in [5.41, 5.74) is 6.47. The van der Waals surface area contributed by atoms with Gasteiger partial charge in [0, 0.05) is 25.5 Å². The molecule has 0 bridgehead atoms. The lowest BCUT2D eigenvalue weighted by molar-refractivity contribution is -0.129. The van der Waals surface area contributed by atoms with E-state index in [-0.39, 0.29) is 11.9 Å². The number of aromatic nitrogens is 1. The van der Waals surface area contributed by atoms with E-state index in [2.05, 4.69) is 4.98 Å². The maximum absolute atomic E-state index is 11.2. The molecule has 0 aliphatic carbocycles. The van der Waals surface area contributed by atoms with Gasteiger partial charge < -0.3 is 10.5 Å². The molecule has 5 heteroatoms. The highest BCUT2D eigenvalue weighted by Crippen LogP contribution is 2.11. The fourth-order valence-corrected chi connectivity index (χ4v) is 1.81. The Morgan fingerprint density at radius 1 is 1.56 bits per heavy atom. The molecule has 1 unspecified atom stereocenters. The van der Waals surface area contributed by atoms with E-state index in [0.29, 0.717) is 19.8 Å². The van der Waals surface area contributed by atoms with Crippen molar-refractivity contribution in [2.75, 3.05) is 19.8 Å². The Morgan fingerprint density at radius 2 is 2.31 bits per heavy atom. The molecule has 1 amide bonds. The average molecular weight is 221 g/mol. The predicted molar refractivity (Wildman–Crippen MR) is 58.4 cm³/mol. The normalized spacial score (nSPS) is 21.9. The van der Waals surface area contributed by atoms with Crippen LogP contribution < -0.4 is 5.73 Å². The number of carbonyl (C=O) groups is 1. The molecule has 0 radical (unpaired) electrons. The summed E-state index contributed by atoms with van der Waals surface area (Å²) in [6.45, 7) is 2.48. The van der Waals surface area contributed by atoms with Crippen LogP contribution in [-0.2, 0) is 16.1 Å². The first-order valence-electron chi connectivity index (χ1n) is 5.27. The van der Waals surface area contributed by atoms with Crippen LogP contribution in [0.25, 0.3) is 0 Å². The molecule has 0 aromatic carbocycles. The molecule has 0 spiro atoms. The van der Waals surface area contributed by atoms with E-state index in [1.807, 2.05) is 17.0 Å². The quantitative estimate of drug-likeness (QED) is 0.765. The summed E-state index contributed by atoms with van der Waals surface area (Å²) in [7, 11) is 0. The number of amides is 1. The maximum Gasteiger partial charge on any atom is 0.237 e. The predicted octanol–water partition coefficient (Wildman–Crippen LogP) is -0.232. The maximum atomic E-state index is 11.2. The minimum Gasteiger partial charge on any atom is -0.378 e. The smallest absolute Gasteiger partial charge is 0.237 e. The fraction of sp³-hybridized carbons (Fsp3) is 0.455. The van der Waals surface area contributed by atoms with Gasteiger partial charge in [-0.15, -0.1) is 0 Å². The number of rotatable bonds is 3. The minimum atomic E-state index is -0.325. The third-order valence-electron chi connectivity index (χ3n) is 2.70. The topological polar surface area (TPSA) is 68.5 Å². The highest BCUT2D eigenvalue weighted by molar-refractivity contribution is 5.80. The number of nitrogens with two attached hydrogens (primary N) is 1. The molecule has 2 rings (SSSR count). The van der Waals surface area contributed by atoms with E-state index in [4.69, 9.17) is 10.5 Å². The van der Waals surface area contributed by atoms with E-state index >= 15 is 0 Å². The molecule has 1 saturated heterocycles. The molecule has 1 aromatic rings. The van der Waals surface area contributed by atoms with E-state index in [9.17, 15) is 4.79 Å². The number of pyridine rings is 1. The van der Waals surface area contributed by atoms with Crippen molar-refractivity contribution in [2.45, 2.75) is 12.6 Å². The van der Waals surface area contributed by atoms with Gasteiger partial charge >= 0.3 is 0 Å². The monoisotopic (exact) mass is 221 g/mol. The summed E-state index contributed by atoms with van der Waals surface area (Å²) in [4.78, 5) is 17.2. The third-order valence-corrected chi connectivity index (χ3v) is 2.70. The largest absolute Gasteiger partial charge is 0.378 e. The zero-order valence-corrected chi connectivity index (χ0v) is 9.00. The lowest BCUT2D eigenvalue weighted by Crippen LogP contribution is -2.51. The van der Waals surface area contributed by atoms with Gasteiger partial charge in [-0.3, -0.25) is 14.7 Å². The molecular formula is C11H15N3O2. The second-order valence-corrected chi connectivity index (χ2v) is 3.82. The Bertz CT molecular complexity index is 356. The summed E-state index contributed by atoms with van der Waals surface area (Å²) in [5.74, 6) is -0.325. The molecule has 1 aliphatic rings. The number of nitrogens with zero attached hydrogens (tertiary/aromatic N) is 2. The van der Waals surface area contributed by atoms with Crippen molar-refractivity contribution >= 4 is 5.91 Å². The first-order valence-corrected chi connectivity index (χ1v) is 5.27. The summed E-state index contributed by atoms with van der Waals surface area (Å²) >= 11 is 0. The SMILES string of the molecule is NC(=O)C1COCCN1Cc1ccncc1. The van der Waals surface area contributed by atoms with Gasteiger partial charge in [0.05, 0.1) is 13.2 Å². The van der Waals surface area contributed by atoms with Crippen LogP contribution in [0.1, 0.15) is 5.56 Å². The Balaban J connectivity index is 2.04. The number of ether oxygens (including phenoxy) is 1. The standard InChI is InChI=1S/C11H15N3O2/c12-11(15)10-8-16-6-5-14(10)7-9-1-3-13-4-2-9/h1-4,10H,5-8H2,(H2,12,15). The van der Waals surface area contributed by atoms with Crippen LogP contribution in [0.4, 0.5) is 0 Å². The second kappa shape index (κ2) is 5.05. The van der Waals surface area contributed by atoms with Crippen molar-refractivity contribution in [2.24, 2.45) is 5.73 Å². The van der Waals surface area contributed by atoms with E-state index < -0.39 is 0 Å². The zero-order chi connectivity index (χ0) is 11.4. The first-order chi connectivity index (χ1) is 7.77. The lowest BCUT2D eigenvalue weighted by Gasteiger charge is -2.33. The minimum absolute atomic E-state index is 0.318. The van der Waals surface area contributed by atoms with Crippen LogP contribution in [0.3, 0.4) is 0 Å². The molecule has 5 nitrogen and oxygen atoms in total. The second-order valence-electron chi connectivity index (χ2n) is 3.82. The van der Waals surface area contributed by atoms with Crippen molar-refractivity contribution in [1.82, 2.24) is 9.88 Å². The van der Waals surface area contributed by atoms with Crippen molar-refractivity contribution in [3.05, 3.63) is 30.1 Å². The van der Waals surface area contributed by atoms with Crippen LogP contribution in [0.15, 0.2) is 24.5 Å². The van der Waals surface area contributed by atoms with E-state index in [1.54, 1.807) is 12.4 Å². The summed E-state index contributed by atoms with van der Waals surface area (Å²) in [6.07, 6.45) is 3.49. The number of carbonyl (C=O) groups excluding carboxylic acids is 1. The van der Waals surface area contributed by atoms with Crippen LogP contribution in [0, 0.1) is 0 Å². The van der Waals surface area contributed by atoms with Crippen LogP contribution in [-0.4, -0.2) is 41.6 Å². The Labute approximate surface area is 94.2 Å². The Hall–Kier alpha value is -1.46. The zero-order valence-electron chi connectivity index (χ0n) is 9.00. The molecule has 1 aliphatic heterocycles. The van der Waals surface area contributed by atoms with E-state index in [1.165, 1.54) is 0 Å². The number of hydrogen-bond acceptors (Lipinski definition) is 4. The van der Waals surface area contributed by atoms with Gasteiger partial charge in [-0.05, 0) is 17.7 Å². The molecule has 1 aromatic heterocycles. The highest BCUT2D eigenvalue weighted by Gasteiger charge is 2.27. The fourth-order valence-electron chi connectivity index (χ4n) is 1.81. The van der Waals surface area contributed by atoms with Gasteiger partial charge in [0.15, 0.2) is 0 Å². The van der Waals surface area contributed by atoms with Crippen LogP contribution in [0.2, 0.25) is 0 Å². The van der Waals surface area contributed by atoms with E-state index in [0.717, 1.165) is 12.1 Å². The van der Waals surface area contributed by atoms with Crippen LogP contribution >= 0.6 is 0 Å². The summed E-state index contributed by atoms with van der Waals surface area (Å²) in [5, 5.41) is 0. The summed E-state index contributed by atoms with van der Waals surface area (Å²) < 4.78 is 5.26. The van der Waals surface area contributed by atoms with Crippen molar-refractivity contribution in [1.29, 1.82) is 0 Å². The average Bonchev–Trinajstić information content (AvgIpc) is 2.31. The molecule has 86 valence electrons. The van der Waals surface area contributed by atoms with Gasteiger partial charge in [0.25, 0.3) is 0 Å². The molecule has 1 atom stereocenters. The lowest BCUT2D eigenvalue weighted by atomic mass is 10.1. The van der Waals surface area contributed by atoms with Crippen molar-refractivity contribution in [3.63, 3.8) is 0 Å². The molecular weight excluding hydrogens is 206 g/mol. The highest BCUT2D eigenvalue weighted by atomic mass is 16.5. The van der Waals surface area contributed by atoms with Gasteiger partial charge in [-0.1, -0.05) is 0 Å². The van der Waals surface area contributed by atoms with Gasteiger partial charge in [-0.2, -0.15) is 0 Å². The molecule has 2 heterocycles. The Morgan fingerprint density at radius 3 is 3.00 bits per heavy atom. The molecule has 2 N–H and O–H groups in total. The summed E-state index contributed by atoms with van der Waals surface area (Å²) in [6, 6.07) is 3.56. The first kappa shape index (κ1) is 11.0. The van der Waals surface area contributed by atoms with Crippen LogP contribution in [0.5, 0.6) is 0 Å².